The smallest absolute Gasteiger partial charge is 0.342 e. The fraction of sp³-hybridized carbons (Fsp3) is 0.176. The standard InChI is InChI=1S/C17H15NO4/c1-20-13-8-12(9-14(10-13)21-2)16-18-15(17(19)22-16)11-6-4-3-5-7-11/h3-10,15H,1-2H3. The zero-order valence-corrected chi connectivity index (χ0v) is 12.3. The summed E-state index contributed by atoms with van der Waals surface area (Å²) in [5.41, 5.74) is 1.44. The number of carbonyl (C=O) groups excluding carboxylic acids is 1. The van der Waals surface area contributed by atoms with Crippen molar-refractivity contribution in [2.75, 3.05) is 14.2 Å². The molecule has 0 radical (unpaired) electrons. The first-order valence-corrected chi connectivity index (χ1v) is 6.79. The van der Waals surface area contributed by atoms with E-state index in [1.54, 1.807) is 32.4 Å². The summed E-state index contributed by atoms with van der Waals surface area (Å²) in [7, 11) is 3.13. The number of benzene rings is 2. The minimum Gasteiger partial charge on any atom is -0.497 e. The Morgan fingerprint density at radius 2 is 1.64 bits per heavy atom. The van der Waals surface area contributed by atoms with Gasteiger partial charge in [0.25, 0.3) is 0 Å². The summed E-state index contributed by atoms with van der Waals surface area (Å²) < 4.78 is 15.8. The fourth-order valence-electron chi connectivity index (χ4n) is 2.26. The van der Waals surface area contributed by atoms with Crippen LogP contribution in [0.3, 0.4) is 0 Å². The van der Waals surface area contributed by atoms with Crippen molar-refractivity contribution in [2.24, 2.45) is 4.99 Å². The maximum absolute atomic E-state index is 12.1. The van der Waals surface area contributed by atoms with Gasteiger partial charge in [-0.2, -0.15) is 0 Å². The lowest BCUT2D eigenvalue weighted by Gasteiger charge is -2.07. The molecule has 0 N–H and O–H groups in total. The second-order valence-corrected chi connectivity index (χ2v) is 4.77. The van der Waals surface area contributed by atoms with Gasteiger partial charge >= 0.3 is 5.97 Å². The fourth-order valence-corrected chi connectivity index (χ4v) is 2.26. The zero-order chi connectivity index (χ0) is 15.5. The molecule has 1 aliphatic heterocycles. The van der Waals surface area contributed by atoms with E-state index in [4.69, 9.17) is 14.2 Å². The third-order valence-corrected chi connectivity index (χ3v) is 3.38. The van der Waals surface area contributed by atoms with E-state index >= 15 is 0 Å². The summed E-state index contributed by atoms with van der Waals surface area (Å²) in [6.07, 6.45) is 0. The molecule has 1 aliphatic rings. The number of aliphatic imine (C=N–C) groups is 1. The van der Waals surface area contributed by atoms with Crippen LogP contribution in [0, 0.1) is 0 Å². The van der Waals surface area contributed by atoms with Crippen LogP contribution < -0.4 is 9.47 Å². The maximum Gasteiger partial charge on any atom is 0.342 e. The molecule has 0 saturated heterocycles. The molecule has 0 saturated carbocycles. The topological polar surface area (TPSA) is 57.1 Å². The summed E-state index contributed by atoms with van der Waals surface area (Å²) in [4.78, 5) is 16.5. The highest BCUT2D eigenvalue weighted by Gasteiger charge is 2.31. The minimum absolute atomic E-state index is 0.274. The van der Waals surface area contributed by atoms with Crippen molar-refractivity contribution in [1.29, 1.82) is 0 Å². The molecule has 0 aromatic heterocycles. The Balaban J connectivity index is 1.97. The highest BCUT2D eigenvalue weighted by Crippen LogP contribution is 2.29. The lowest BCUT2D eigenvalue weighted by Crippen LogP contribution is -2.09. The van der Waals surface area contributed by atoms with Crippen LogP contribution in [0.2, 0.25) is 0 Å². The van der Waals surface area contributed by atoms with Crippen LogP contribution >= 0.6 is 0 Å². The SMILES string of the molecule is COc1cc(OC)cc(C2=NC(c3ccccc3)C(=O)O2)c1. The van der Waals surface area contributed by atoms with Crippen LogP contribution in [0.1, 0.15) is 17.2 Å². The van der Waals surface area contributed by atoms with Crippen molar-refractivity contribution in [1.82, 2.24) is 0 Å². The molecule has 0 amide bonds. The van der Waals surface area contributed by atoms with E-state index in [2.05, 4.69) is 4.99 Å². The van der Waals surface area contributed by atoms with Gasteiger partial charge in [0.2, 0.25) is 5.90 Å². The van der Waals surface area contributed by atoms with Crippen LogP contribution in [-0.2, 0) is 9.53 Å². The third-order valence-electron chi connectivity index (χ3n) is 3.38. The highest BCUT2D eigenvalue weighted by atomic mass is 16.6. The molecule has 112 valence electrons. The first-order chi connectivity index (χ1) is 10.7. The van der Waals surface area contributed by atoms with Crippen molar-refractivity contribution in [3.63, 3.8) is 0 Å². The van der Waals surface area contributed by atoms with Crippen molar-refractivity contribution in [2.45, 2.75) is 6.04 Å². The average molecular weight is 297 g/mol. The molecule has 1 atom stereocenters. The molecular weight excluding hydrogens is 282 g/mol. The molecule has 1 heterocycles. The van der Waals surface area contributed by atoms with Crippen molar-refractivity contribution >= 4 is 11.9 Å². The number of rotatable bonds is 4. The Bertz CT molecular complexity index is 702. The van der Waals surface area contributed by atoms with Crippen LogP contribution in [0.4, 0.5) is 0 Å². The van der Waals surface area contributed by atoms with Crippen LogP contribution in [-0.4, -0.2) is 26.1 Å². The van der Waals surface area contributed by atoms with Gasteiger partial charge in [-0.3, -0.25) is 0 Å². The van der Waals surface area contributed by atoms with Gasteiger partial charge in [0.05, 0.1) is 14.2 Å². The Labute approximate surface area is 128 Å². The van der Waals surface area contributed by atoms with Crippen LogP contribution in [0.15, 0.2) is 53.5 Å². The van der Waals surface area contributed by atoms with E-state index < -0.39 is 6.04 Å². The molecule has 22 heavy (non-hydrogen) atoms. The lowest BCUT2D eigenvalue weighted by molar-refractivity contribution is -0.135. The predicted molar refractivity (Wildman–Crippen MR) is 81.4 cm³/mol. The largest absolute Gasteiger partial charge is 0.497 e. The Kier molecular flexibility index (Phi) is 3.78. The second kappa shape index (κ2) is 5.89. The van der Waals surface area contributed by atoms with Crippen LogP contribution in [0.5, 0.6) is 11.5 Å². The molecule has 3 rings (SSSR count). The number of nitrogens with zero attached hydrogens (tertiary/aromatic N) is 1. The van der Waals surface area contributed by atoms with Gasteiger partial charge in [-0.1, -0.05) is 30.3 Å². The predicted octanol–water partition coefficient (Wildman–Crippen LogP) is 2.75. The van der Waals surface area contributed by atoms with E-state index in [-0.39, 0.29) is 11.9 Å². The molecule has 1 unspecified atom stereocenters. The molecule has 5 nitrogen and oxygen atoms in total. The Morgan fingerprint density at radius 3 is 2.23 bits per heavy atom. The second-order valence-electron chi connectivity index (χ2n) is 4.77. The average Bonchev–Trinajstić information content (AvgIpc) is 2.97. The maximum atomic E-state index is 12.1. The van der Waals surface area contributed by atoms with E-state index in [1.807, 2.05) is 30.3 Å². The summed E-state index contributed by atoms with van der Waals surface area (Å²) in [5.74, 6) is 1.10. The number of methoxy groups -OCH3 is 2. The Morgan fingerprint density at radius 1 is 1.00 bits per heavy atom. The lowest BCUT2D eigenvalue weighted by atomic mass is 10.1. The summed E-state index contributed by atoms with van der Waals surface area (Å²) in [6.45, 7) is 0. The van der Waals surface area contributed by atoms with Gasteiger partial charge in [-0.05, 0) is 17.7 Å². The van der Waals surface area contributed by atoms with Gasteiger partial charge < -0.3 is 14.2 Å². The highest BCUT2D eigenvalue weighted by molar-refractivity contribution is 6.06. The molecular formula is C17H15NO4. The molecule has 2 aromatic carbocycles. The molecule has 0 spiro atoms. The molecule has 0 fully saturated rings. The Hall–Kier alpha value is -2.82. The summed E-state index contributed by atoms with van der Waals surface area (Å²) >= 11 is 0. The number of hydrogen-bond acceptors (Lipinski definition) is 5. The van der Waals surface area contributed by atoms with Gasteiger partial charge in [0, 0.05) is 11.6 Å². The van der Waals surface area contributed by atoms with Crippen molar-refractivity contribution in [3.8, 4) is 11.5 Å². The quantitative estimate of drug-likeness (QED) is 0.814. The van der Waals surface area contributed by atoms with E-state index in [1.165, 1.54) is 0 Å². The van der Waals surface area contributed by atoms with E-state index in [0.717, 1.165) is 5.56 Å². The molecule has 0 bridgehead atoms. The van der Waals surface area contributed by atoms with E-state index in [0.29, 0.717) is 17.1 Å². The number of carbonyl (C=O) groups is 1. The number of ether oxygens (including phenoxy) is 3. The van der Waals surface area contributed by atoms with Crippen molar-refractivity contribution in [3.05, 3.63) is 59.7 Å². The first kappa shape index (κ1) is 14.1. The monoisotopic (exact) mass is 297 g/mol. The molecule has 2 aromatic rings. The minimum atomic E-state index is -0.631. The van der Waals surface area contributed by atoms with Gasteiger partial charge in [0.15, 0.2) is 6.04 Å². The number of esters is 1. The van der Waals surface area contributed by atoms with Gasteiger partial charge in [-0.25, -0.2) is 9.79 Å². The van der Waals surface area contributed by atoms with Crippen LogP contribution in [0.25, 0.3) is 0 Å². The zero-order valence-electron chi connectivity index (χ0n) is 12.3. The van der Waals surface area contributed by atoms with E-state index in [9.17, 15) is 4.79 Å². The summed E-state index contributed by atoms with van der Waals surface area (Å²) in [6, 6.07) is 13.9. The first-order valence-electron chi connectivity index (χ1n) is 6.79. The molecule has 5 heteroatoms. The summed E-state index contributed by atoms with van der Waals surface area (Å²) in [5, 5.41) is 0. The normalized spacial score (nSPS) is 16.9. The van der Waals surface area contributed by atoms with Gasteiger partial charge in [0.1, 0.15) is 11.5 Å². The third kappa shape index (κ3) is 2.65. The van der Waals surface area contributed by atoms with Gasteiger partial charge in [-0.15, -0.1) is 0 Å². The molecule has 0 aliphatic carbocycles. The number of hydrogen-bond donors (Lipinski definition) is 0. The van der Waals surface area contributed by atoms with Crippen molar-refractivity contribution < 1.29 is 19.0 Å². The number of cyclic esters (lactones) is 1.